The summed E-state index contributed by atoms with van der Waals surface area (Å²) in [5.41, 5.74) is 9.14. The minimum absolute atomic E-state index is 0.00248. The average Bonchev–Trinajstić information content (AvgIpc) is 2.08. The molecule has 0 saturated carbocycles. The monoisotopic (exact) mass is 165 g/mol. The number of aliphatic hydroxyl groups excluding tert-OH is 1. The molecule has 2 heteroatoms. The van der Waals surface area contributed by atoms with Crippen LogP contribution in [0.5, 0.6) is 0 Å². The predicted octanol–water partition coefficient (Wildman–Crippen LogP) is 1.30. The molecule has 0 bridgehead atoms. The van der Waals surface area contributed by atoms with Crippen LogP contribution in [0.15, 0.2) is 18.2 Å². The van der Waals surface area contributed by atoms with Crippen molar-refractivity contribution >= 4 is 0 Å². The van der Waals surface area contributed by atoms with Crippen molar-refractivity contribution in [2.24, 2.45) is 5.73 Å². The lowest BCUT2D eigenvalue weighted by Gasteiger charge is -2.10. The van der Waals surface area contributed by atoms with Crippen LogP contribution < -0.4 is 5.73 Å². The van der Waals surface area contributed by atoms with Crippen LogP contribution in [0.4, 0.5) is 0 Å². The van der Waals surface area contributed by atoms with E-state index in [9.17, 15) is 0 Å². The van der Waals surface area contributed by atoms with Gasteiger partial charge in [0.05, 0.1) is 12.6 Å². The number of aliphatic hydroxyl groups is 1. The summed E-state index contributed by atoms with van der Waals surface area (Å²) in [4.78, 5) is 0. The summed E-state index contributed by atoms with van der Waals surface area (Å²) in [6.45, 7) is 4.11. The van der Waals surface area contributed by atoms with E-state index in [0.717, 1.165) is 5.56 Å². The molecule has 1 aromatic rings. The van der Waals surface area contributed by atoms with Gasteiger partial charge in [-0.2, -0.15) is 0 Å². The molecule has 2 nitrogen and oxygen atoms in total. The lowest BCUT2D eigenvalue weighted by molar-refractivity contribution is 0.268. The van der Waals surface area contributed by atoms with Crippen LogP contribution in [-0.4, -0.2) is 11.7 Å². The Kier molecular flexibility index (Phi) is 2.84. The van der Waals surface area contributed by atoms with E-state index in [4.69, 9.17) is 10.8 Å². The summed E-state index contributed by atoms with van der Waals surface area (Å²) < 4.78 is 0. The Balaban J connectivity index is 2.96. The molecular formula is C10H15NO. The van der Waals surface area contributed by atoms with Crippen LogP contribution in [0.1, 0.15) is 22.7 Å². The second-order valence-corrected chi connectivity index (χ2v) is 3.13. The number of rotatable bonds is 2. The highest BCUT2D eigenvalue weighted by atomic mass is 16.3. The lowest BCUT2D eigenvalue weighted by atomic mass is 10.0. The quantitative estimate of drug-likeness (QED) is 0.693. The van der Waals surface area contributed by atoms with Gasteiger partial charge in [-0.1, -0.05) is 18.2 Å². The zero-order valence-electron chi connectivity index (χ0n) is 7.54. The van der Waals surface area contributed by atoms with E-state index in [1.54, 1.807) is 0 Å². The summed E-state index contributed by atoms with van der Waals surface area (Å²) in [7, 11) is 0. The Labute approximate surface area is 73.0 Å². The number of nitrogens with two attached hydrogens (primary N) is 1. The van der Waals surface area contributed by atoms with Gasteiger partial charge in [-0.05, 0) is 30.5 Å². The summed E-state index contributed by atoms with van der Waals surface area (Å²) >= 11 is 0. The first-order valence-electron chi connectivity index (χ1n) is 4.08. The normalized spacial score (nSPS) is 13.0. The summed E-state index contributed by atoms with van der Waals surface area (Å²) in [6, 6.07) is 5.77. The molecule has 0 spiro atoms. The zero-order chi connectivity index (χ0) is 9.14. The molecule has 0 aromatic heterocycles. The summed E-state index contributed by atoms with van der Waals surface area (Å²) in [6.07, 6.45) is 0. The molecule has 0 aliphatic rings. The van der Waals surface area contributed by atoms with E-state index in [2.05, 4.69) is 6.92 Å². The first-order valence-corrected chi connectivity index (χ1v) is 4.08. The molecule has 1 aromatic carbocycles. The van der Waals surface area contributed by atoms with Crippen molar-refractivity contribution in [2.45, 2.75) is 19.9 Å². The minimum atomic E-state index is -0.246. The second-order valence-electron chi connectivity index (χ2n) is 3.13. The molecule has 1 atom stereocenters. The predicted molar refractivity (Wildman–Crippen MR) is 49.9 cm³/mol. The average molecular weight is 165 g/mol. The van der Waals surface area contributed by atoms with E-state index in [1.165, 1.54) is 11.1 Å². The van der Waals surface area contributed by atoms with E-state index >= 15 is 0 Å². The fourth-order valence-corrected chi connectivity index (χ4v) is 1.10. The van der Waals surface area contributed by atoms with Crippen LogP contribution in [0.25, 0.3) is 0 Å². The van der Waals surface area contributed by atoms with Crippen LogP contribution in [0.2, 0.25) is 0 Å². The maximum atomic E-state index is 8.82. The maximum absolute atomic E-state index is 8.82. The van der Waals surface area contributed by atoms with E-state index in [0.29, 0.717) is 0 Å². The summed E-state index contributed by atoms with van der Waals surface area (Å²) in [5, 5.41) is 8.82. The number of hydrogen-bond acceptors (Lipinski definition) is 2. The van der Waals surface area contributed by atoms with Crippen LogP contribution in [-0.2, 0) is 0 Å². The zero-order valence-corrected chi connectivity index (χ0v) is 7.54. The van der Waals surface area contributed by atoms with Crippen LogP contribution in [0, 0.1) is 13.8 Å². The highest BCUT2D eigenvalue weighted by Gasteiger charge is 2.04. The third-order valence-corrected chi connectivity index (χ3v) is 2.16. The number of benzene rings is 1. The Hall–Kier alpha value is -0.860. The van der Waals surface area contributed by atoms with Crippen molar-refractivity contribution in [1.29, 1.82) is 0 Å². The number of hydrogen-bond donors (Lipinski definition) is 2. The van der Waals surface area contributed by atoms with Crippen molar-refractivity contribution in [3.63, 3.8) is 0 Å². The molecule has 0 aliphatic heterocycles. The molecule has 0 aliphatic carbocycles. The number of aryl methyl sites for hydroxylation is 2. The molecule has 0 saturated heterocycles. The van der Waals surface area contributed by atoms with Crippen LogP contribution >= 0.6 is 0 Å². The fraction of sp³-hybridized carbons (Fsp3) is 0.400. The van der Waals surface area contributed by atoms with Gasteiger partial charge in [0, 0.05) is 0 Å². The molecule has 1 rings (SSSR count). The van der Waals surface area contributed by atoms with E-state index in [-0.39, 0.29) is 12.6 Å². The molecule has 0 radical (unpaired) electrons. The highest BCUT2D eigenvalue weighted by Crippen LogP contribution is 2.14. The van der Waals surface area contributed by atoms with Crippen LogP contribution in [0.3, 0.4) is 0 Å². The maximum Gasteiger partial charge on any atom is 0.0624 e. The Morgan fingerprint density at radius 2 is 2.00 bits per heavy atom. The third-order valence-electron chi connectivity index (χ3n) is 2.16. The van der Waals surface area contributed by atoms with Gasteiger partial charge in [0.2, 0.25) is 0 Å². The largest absolute Gasteiger partial charge is 0.394 e. The molecule has 0 unspecified atom stereocenters. The Bertz CT molecular complexity index is 271. The first-order chi connectivity index (χ1) is 5.65. The molecule has 12 heavy (non-hydrogen) atoms. The second kappa shape index (κ2) is 3.70. The van der Waals surface area contributed by atoms with E-state index in [1.807, 2.05) is 25.1 Å². The van der Waals surface area contributed by atoms with E-state index < -0.39 is 0 Å². The smallest absolute Gasteiger partial charge is 0.0624 e. The van der Waals surface area contributed by atoms with Crippen molar-refractivity contribution in [1.82, 2.24) is 0 Å². The lowest BCUT2D eigenvalue weighted by Crippen LogP contribution is -2.14. The van der Waals surface area contributed by atoms with Crippen molar-refractivity contribution in [3.05, 3.63) is 34.9 Å². The molecule has 0 amide bonds. The molecule has 3 N–H and O–H groups in total. The highest BCUT2D eigenvalue weighted by molar-refractivity contribution is 5.31. The molecular weight excluding hydrogens is 150 g/mol. The van der Waals surface area contributed by atoms with Gasteiger partial charge >= 0.3 is 0 Å². The first kappa shape index (κ1) is 9.23. The minimum Gasteiger partial charge on any atom is -0.394 e. The third kappa shape index (κ3) is 1.84. The summed E-state index contributed by atoms with van der Waals surface area (Å²) in [5.74, 6) is 0. The van der Waals surface area contributed by atoms with Crippen molar-refractivity contribution in [3.8, 4) is 0 Å². The SMILES string of the molecule is Cc1ccc([C@@H](N)CO)cc1C. The van der Waals surface area contributed by atoms with Gasteiger partial charge in [-0.3, -0.25) is 0 Å². The fourth-order valence-electron chi connectivity index (χ4n) is 1.10. The van der Waals surface area contributed by atoms with Gasteiger partial charge < -0.3 is 10.8 Å². The molecule has 66 valence electrons. The van der Waals surface area contributed by atoms with Gasteiger partial charge in [0.15, 0.2) is 0 Å². The van der Waals surface area contributed by atoms with Crippen molar-refractivity contribution in [2.75, 3.05) is 6.61 Å². The Morgan fingerprint density at radius 1 is 1.33 bits per heavy atom. The van der Waals surface area contributed by atoms with Gasteiger partial charge in [-0.25, -0.2) is 0 Å². The molecule has 0 heterocycles. The Morgan fingerprint density at radius 3 is 2.50 bits per heavy atom. The van der Waals surface area contributed by atoms with Gasteiger partial charge in [0.25, 0.3) is 0 Å². The standard InChI is InChI=1S/C10H15NO/c1-7-3-4-9(5-8(7)2)10(11)6-12/h3-5,10,12H,6,11H2,1-2H3/t10-/m0/s1. The van der Waals surface area contributed by atoms with Gasteiger partial charge in [0.1, 0.15) is 0 Å². The topological polar surface area (TPSA) is 46.2 Å². The van der Waals surface area contributed by atoms with Crippen molar-refractivity contribution < 1.29 is 5.11 Å². The molecule has 0 fully saturated rings. The van der Waals surface area contributed by atoms with Gasteiger partial charge in [-0.15, -0.1) is 0 Å².